The highest BCUT2D eigenvalue weighted by molar-refractivity contribution is 8.03. The lowest BCUT2D eigenvalue weighted by Crippen LogP contribution is -2.08. The van der Waals surface area contributed by atoms with Crippen LogP contribution in [0, 0.1) is 6.92 Å². The van der Waals surface area contributed by atoms with E-state index in [4.69, 9.17) is 0 Å². The third-order valence-corrected chi connectivity index (χ3v) is 5.03. The number of nitrogens with zero attached hydrogens (tertiary/aromatic N) is 1. The van der Waals surface area contributed by atoms with Gasteiger partial charge in [-0.1, -0.05) is 23.9 Å². The predicted octanol–water partition coefficient (Wildman–Crippen LogP) is 3.97. The number of ketones is 1. The molecule has 1 aromatic heterocycles. The van der Waals surface area contributed by atoms with Crippen LogP contribution >= 0.6 is 11.8 Å². The number of hydrogen-bond acceptors (Lipinski definition) is 3. The number of hydrogen-bond donors (Lipinski definition) is 0. The van der Waals surface area contributed by atoms with Crippen molar-refractivity contribution in [2.75, 3.05) is 0 Å². The molecule has 0 fully saturated rings. The predicted molar refractivity (Wildman–Crippen MR) is 81.8 cm³/mol. The molecule has 4 rings (SSSR count). The number of fused-ring (bicyclic) bond motifs is 4. The monoisotopic (exact) mass is 279 g/mol. The summed E-state index contributed by atoms with van der Waals surface area (Å²) in [5.74, 6) is 0.206. The van der Waals surface area contributed by atoms with E-state index >= 15 is 0 Å². The normalized spacial score (nSPS) is 17.4. The van der Waals surface area contributed by atoms with E-state index in [0.717, 1.165) is 22.5 Å². The van der Waals surface area contributed by atoms with Crippen LogP contribution in [0.4, 0.5) is 0 Å². The van der Waals surface area contributed by atoms with Gasteiger partial charge in [0.15, 0.2) is 5.78 Å². The number of aromatic nitrogens is 1. The lowest BCUT2D eigenvalue weighted by Gasteiger charge is -2.24. The summed E-state index contributed by atoms with van der Waals surface area (Å²) < 4.78 is 0. The number of carbonyl (C=O) groups is 1. The molecule has 0 unspecified atom stereocenters. The summed E-state index contributed by atoms with van der Waals surface area (Å²) in [6, 6.07) is 8.44. The van der Waals surface area contributed by atoms with E-state index in [1.807, 2.05) is 6.92 Å². The van der Waals surface area contributed by atoms with Gasteiger partial charge in [0, 0.05) is 33.7 Å². The van der Waals surface area contributed by atoms with Crippen LogP contribution in [-0.4, -0.2) is 10.8 Å². The van der Waals surface area contributed by atoms with E-state index in [2.05, 4.69) is 35.3 Å². The molecule has 0 amide bonds. The Morgan fingerprint density at radius 3 is 3.00 bits per heavy atom. The lowest BCUT2D eigenvalue weighted by molar-refractivity contribution is -0.113. The molecule has 2 aromatic rings. The molecule has 1 aliphatic heterocycles. The molecule has 0 radical (unpaired) electrons. The molecule has 0 saturated heterocycles. The van der Waals surface area contributed by atoms with Crippen molar-refractivity contribution >= 4 is 28.4 Å². The number of thioether (sulfide) groups is 1. The van der Waals surface area contributed by atoms with Gasteiger partial charge >= 0.3 is 0 Å². The summed E-state index contributed by atoms with van der Waals surface area (Å²) in [4.78, 5) is 18.5. The molecule has 98 valence electrons. The average Bonchev–Trinajstić information content (AvgIpc) is 2.44. The van der Waals surface area contributed by atoms with Gasteiger partial charge in [0.1, 0.15) is 0 Å². The van der Waals surface area contributed by atoms with Crippen molar-refractivity contribution in [1.82, 2.24) is 4.98 Å². The van der Waals surface area contributed by atoms with Crippen LogP contribution in [0.5, 0.6) is 0 Å². The molecule has 0 atom stereocenters. The second kappa shape index (κ2) is 4.32. The second-order valence-electron chi connectivity index (χ2n) is 5.25. The fourth-order valence-electron chi connectivity index (χ4n) is 2.81. The van der Waals surface area contributed by atoms with Gasteiger partial charge in [0.25, 0.3) is 0 Å². The fourth-order valence-corrected chi connectivity index (χ4v) is 3.97. The van der Waals surface area contributed by atoms with Crippen LogP contribution in [0.1, 0.15) is 17.7 Å². The van der Waals surface area contributed by atoms with Crippen LogP contribution in [0.25, 0.3) is 10.9 Å². The first-order valence-corrected chi connectivity index (χ1v) is 7.53. The summed E-state index contributed by atoms with van der Waals surface area (Å²) in [7, 11) is 0. The number of rotatable bonds is 0. The molecule has 0 saturated carbocycles. The first-order valence-electron chi connectivity index (χ1n) is 6.72. The van der Waals surface area contributed by atoms with Gasteiger partial charge in [0.2, 0.25) is 0 Å². The van der Waals surface area contributed by atoms with Crippen molar-refractivity contribution in [3.63, 3.8) is 0 Å². The molecule has 20 heavy (non-hydrogen) atoms. The van der Waals surface area contributed by atoms with Crippen LogP contribution in [0.3, 0.4) is 0 Å². The zero-order valence-electron chi connectivity index (χ0n) is 11.1. The van der Waals surface area contributed by atoms with Crippen LogP contribution < -0.4 is 0 Å². The van der Waals surface area contributed by atoms with Gasteiger partial charge < -0.3 is 0 Å². The standard InChI is InChI=1S/C17H13NOS/c1-10-2-5-13-14-8-11-3-4-12(19)9-17(11)20-16(14)7-6-15(13)18-10/h2-3,5-7,9H,4,8H2,1H3. The maximum Gasteiger partial charge on any atom is 0.160 e. The number of benzene rings is 1. The summed E-state index contributed by atoms with van der Waals surface area (Å²) >= 11 is 1.71. The lowest BCUT2D eigenvalue weighted by atomic mass is 9.95. The van der Waals surface area contributed by atoms with Crippen molar-refractivity contribution in [3.8, 4) is 0 Å². The van der Waals surface area contributed by atoms with E-state index in [0.29, 0.717) is 6.42 Å². The highest BCUT2D eigenvalue weighted by atomic mass is 32.2. The van der Waals surface area contributed by atoms with E-state index in [1.165, 1.54) is 21.4 Å². The van der Waals surface area contributed by atoms with Crippen LogP contribution in [0.2, 0.25) is 0 Å². The average molecular weight is 279 g/mol. The van der Waals surface area contributed by atoms with Gasteiger partial charge in [-0.25, -0.2) is 0 Å². The first kappa shape index (κ1) is 11.9. The quantitative estimate of drug-likeness (QED) is 0.730. The van der Waals surface area contributed by atoms with E-state index < -0.39 is 0 Å². The molecule has 0 N–H and O–H groups in total. The Hall–Kier alpha value is -1.87. The van der Waals surface area contributed by atoms with Crippen LogP contribution in [0.15, 0.2) is 51.8 Å². The van der Waals surface area contributed by atoms with E-state index in [1.54, 1.807) is 17.8 Å². The van der Waals surface area contributed by atoms with Crippen molar-refractivity contribution < 1.29 is 4.79 Å². The van der Waals surface area contributed by atoms with Crippen molar-refractivity contribution in [3.05, 3.63) is 58.2 Å². The van der Waals surface area contributed by atoms with Gasteiger partial charge in [-0.3, -0.25) is 9.78 Å². The maximum atomic E-state index is 11.5. The third kappa shape index (κ3) is 1.81. The maximum absolute atomic E-state index is 11.5. The molecule has 2 aliphatic rings. The molecule has 0 spiro atoms. The van der Waals surface area contributed by atoms with Crippen molar-refractivity contribution in [2.24, 2.45) is 0 Å². The van der Waals surface area contributed by atoms with Gasteiger partial charge in [-0.2, -0.15) is 0 Å². The zero-order valence-corrected chi connectivity index (χ0v) is 12.0. The smallest absolute Gasteiger partial charge is 0.160 e. The molecule has 2 nitrogen and oxygen atoms in total. The number of carbonyl (C=O) groups excluding carboxylic acids is 1. The zero-order chi connectivity index (χ0) is 13.7. The minimum absolute atomic E-state index is 0.206. The molecular formula is C17H13NOS. The second-order valence-corrected chi connectivity index (χ2v) is 6.33. The van der Waals surface area contributed by atoms with Gasteiger partial charge in [-0.05, 0) is 42.3 Å². The Balaban J connectivity index is 1.92. The van der Waals surface area contributed by atoms with Crippen LogP contribution in [-0.2, 0) is 11.2 Å². The minimum atomic E-state index is 0.206. The third-order valence-electron chi connectivity index (χ3n) is 3.82. The molecule has 0 bridgehead atoms. The molecule has 3 heteroatoms. The Kier molecular flexibility index (Phi) is 2.57. The Morgan fingerprint density at radius 1 is 1.20 bits per heavy atom. The van der Waals surface area contributed by atoms with Gasteiger partial charge in [0.05, 0.1) is 5.52 Å². The summed E-state index contributed by atoms with van der Waals surface area (Å²) in [5, 5.41) is 1.23. The number of aryl methyl sites for hydroxylation is 1. The molecular weight excluding hydrogens is 266 g/mol. The van der Waals surface area contributed by atoms with Crippen molar-refractivity contribution in [2.45, 2.75) is 24.7 Å². The SMILES string of the molecule is Cc1ccc2c3c(ccc2n1)SC1=CC(=O)CC=C1C3. The summed E-state index contributed by atoms with van der Waals surface area (Å²) in [6.45, 7) is 2.02. The summed E-state index contributed by atoms with van der Waals surface area (Å²) in [5.41, 5.74) is 4.74. The Bertz CT molecular complexity index is 817. The Labute approximate surface area is 121 Å². The summed E-state index contributed by atoms with van der Waals surface area (Å²) in [6.07, 6.45) is 5.31. The topological polar surface area (TPSA) is 30.0 Å². The van der Waals surface area contributed by atoms with Crippen molar-refractivity contribution in [1.29, 1.82) is 0 Å². The van der Waals surface area contributed by atoms with E-state index in [9.17, 15) is 4.79 Å². The Morgan fingerprint density at radius 2 is 2.10 bits per heavy atom. The molecule has 2 heterocycles. The molecule has 1 aliphatic carbocycles. The minimum Gasteiger partial charge on any atom is -0.294 e. The molecule has 1 aromatic carbocycles. The highest BCUT2D eigenvalue weighted by Gasteiger charge is 2.23. The number of allylic oxidation sites excluding steroid dienone is 3. The highest BCUT2D eigenvalue weighted by Crippen LogP contribution is 2.44. The van der Waals surface area contributed by atoms with E-state index in [-0.39, 0.29) is 5.78 Å². The fraction of sp³-hybridized carbons (Fsp3) is 0.176. The van der Waals surface area contributed by atoms with Gasteiger partial charge in [-0.15, -0.1) is 0 Å². The number of pyridine rings is 1. The first-order chi connectivity index (χ1) is 9.70. The largest absolute Gasteiger partial charge is 0.294 e.